The minimum Gasteiger partial charge on any atom is -0.481 e. The highest BCUT2D eigenvalue weighted by molar-refractivity contribution is 5.67. The van der Waals surface area contributed by atoms with Crippen molar-refractivity contribution < 1.29 is 24.5 Å². The molecule has 5 heteroatoms. The van der Waals surface area contributed by atoms with Gasteiger partial charge in [-0.3, -0.25) is 9.59 Å². The second-order valence-electron chi connectivity index (χ2n) is 1.68. The first-order chi connectivity index (χ1) is 4.66. The summed E-state index contributed by atoms with van der Waals surface area (Å²) in [4.78, 5) is 19.4. The van der Waals surface area contributed by atoms with E-state index in [1.807, 2.05) is 0 Å². The standard InChI is InChI=1S/C5H8O5/c6-3-10-2-4(7)1-5(8)9/h3-4,7H,1-2H2,(H,8,9). The molecule has 0 rings (SSSR count). The summed E-state index contributed by atoms with van der Waals surface area (Å²) < 4.78 is 4.10. The molecular formula is C5H8O5. The fourth-order valence-electron chi connectivity index (χ4n) is 0.411. The summed E-state index contributed by atoms with van der Waals surface area (Å²) in [6.07, 6.45) is -1.52. The third-order valence-electron chi connectivity index (χ3n) is 0.767. The van der Waals surface area contributed by atoms with Crippen molar-refractivity contribution in [1.29, 1.82) is 0 Å². The highest BCUT2D eigenvalue weighted by Crippen LogP contribution is 1.90. The van der Waals surface area contributed by atoms with Crippen molar-refractivity contribution >= 4 is 12.4 Å². The molecule has 0 aliphatic rings. The first kappa shape index (κ1) is 8.90. The number of rotatable bonds is 5. The Kier molecular flexibility index (Phi) is 4.23. The summed E-state index contributed by atoms with van der Waals surface area (Å²) in [6, 6.07) is 0. The van der Waals surface area contributed by atoms with Gasteiger partial charge in [-0.25, -0.2) is 0 Å². The predicted molar refractivity (Wildman–Crippen MR) is 30.3 cm³/mol. The smallest absolute Gasteiger partial charge is 0.306 e. The van der Waals surface area contributed by atoms with E-state index in [0.29, 0.717) is 0 Å². The van der Waals surface area contributed by atoms with Gasteiger partial charge in [0.25, 0.3) is 6.47 Å². The van der Waals surface area contributed by atoms with Crippen LogP contribution in [0.2, 0.25) is 0 Å². The van der Waals surface area contributed by atoms with Crippen molar-refractivity contribution in [2.24, 2.45) is 0 Å². The largest absolute Gasteiger partial charge is 0.481 e. The summed E-state index contributed by atoms with van der Waals surface area (Å²) in [5, 5.41) is 16.8. The first-order valence-electron chi connectivity index (χ1n) is 2.62. The van der Waals surface area contributed by atoms with Crippen LogP contribution in [0, 0.1) is 0 Å². The zero-order valence-electron chi connectivity index (χ0n) is 5.19. The van der Waals surface area contributed by atoms with Gasteiger partial charge >= 0.3 is 5.97 Å². The van der Waals surface area contributed by atoms with Crippen LogP contribution in [0.1, 0.15) is 6.42 Å². The Morgan fingerprint density at radius 1 is 1.70 bits per heavy atom. The maximum Gasteiger partial charge on any atom is 0.306 e. The van der Waals surface area contributed by atoms with Gasteiger partial charge in [-0.2, -0.15) is 0 Å². The van der Waals surface area contributed by atoms with E-state index in [1.165, 1.54) is 0 Å². The Morgan fingerprint density at radius 3 is 2.70 bits per heavy atom. The Morgan fingerprint density at radius 2 is 2.30 bits per heavy atom. The molecule has 0 aliphatic heterocycles. The van der Waals surface area contributed by atoms with E-state index in [1.54, 1.807) is 0 Å². The summed E-state index contributed by atoms with van der Waals surface area (Å²) in [5.74, 6) is -1.12. The molecule has 2 N–H and O–H groups in total. The van der Waals surface area contributed by atoms with Gasteiger partial charge in [-0.1, -0.05) is 0 Å². The van der Waals surface area contributed by atoms with Gasteiger partial charge in [0.2, 0.25) is 0 Å². The van der Waals surface area contributed by atoms with Crippen LogP contribution in [-0.4, -0.2) is 35.4 Å². The van der Waals surface area contributed by atoms with Crippen LogP contribution in [0.4, 0.5) is 0 Å². The van der Waals surface area contributed by atoms with Crippen molar-refractivity contribution in [3.05, 3.63) is 0 Å². The van der Waals surface area contributed by atoms with Crippen LogP contribution in [0.15, 0.2) is 0 Å². The Balaban J connectivity index is 3.33. The molecule has 0 bridgehead atoms. The molecular weight excluding hydrogens is 140 g/mol. The van der Waals surface area contributed by atoms with Gasteiger partial charge in [0.15, 0.2) is 0 Å². The lowest BCUT2D eigenvalue weighted by Gasteiger charge is -2.03. The van der Waals surface area contributed by atoms with Crippen molar-refractivity contribution in [1.82, 2.24) is 0 Å². The average molecular weight is 148 g/mol. The third kappa shape index (κ3) is 5.04. The molecule has 0 aromatic heterocycles. The maximum absolute atomic E-state index is 9.87. The number of aliphatic hydroxyl groups is 1. The molecule has 0 heterocycles. The predicted octanol–water partition coefficient (Wildman–Crippen LogP) is -1.01. The minimum atomic E-state index is -1.12. The second-order valence-corrected chi connectivity index (χ2v) is 1.68. The quantitative estimate of drug-likeness (QED) is 0.488. The summed E-state index contributed by atoms with van der Waals surface area (Å²) in [6.45, 7) is -0.110. The van der Waals surface area contributed by atoms with Crippen LogP contribution in [-0.2, 0) is 14.3 Å². The van der Waals surface area contributed by atoms with Crippen LogP contribution in [0.5, 0.6) is 0 Å². The Bertz CT molecular complexity index is 121. The molecule has 0 aliphatic carbocycles. The summed E-state index contributed by atoms with van der Waals surface area (Å²) in [5.41, 5.74) is 0. The van der Waals surface area contributed by atoms with Crippen LogP contribution >= 0.6 is 0 Å². The number of carbonyl (C=O) groups excluding carboxylic acids is 1. The average Bonchev–Trinajstić information content (AvgIpc) is 1.82. The highest BCUT2D eigenvalue weighted by Gasteiger charge is 2.08. The van der Waals surface area contributed by atoms with E-state index < -0.39 is 18.5 Å². The normalized spacial score (nSPS) is 12.1. The molecule has 1 atom stereocenters. The number of carboxylic acid groups (broad SMARTS) is 1. The van der Waals surface area contributed by atoms with Gasteiger partial charge in [-0.15, -0.1) is 0 Å². The zero-order valence-corrected chi connectivity index (χ0v) is 5.19. The second kappa shape index (κ2) is 4.75. The van der Waals surface area contributed by atoms with Crippen molar-refractivity contribution in [3.8, 4) is 0 Å². The number of carbonyl (C=O) groups is 2. The fourth-order valence-corrected chi connectivity index (χ4v) is 0.411. The van der Waals surface area contributed by atoms with Crippen LogP contribution in [0.25, 0.3) is 0 Å². The lowest BCUT2D eigenvalue weighted by molar-refractivity contribution is -0.142. The van der Waals surface area contributed by atoms with E-state index >= 15 is 0 Å². The number of hydrogen-bond donors (Lipinski definition) is 2. The molecule has 0 spiro atoms. The van der Waals surface area contributed by atoms with Gasteiger partial charge in [0.05, 0.1) is 12.5 Å². The molecule has 0 saturated heterocycles. The van der Waals surface area contributed by atoms with Gasteiger partial charge in [-0.05, 0) is 0 Å². The molecule has 5 nitrogen and oxygen atoms in total. The lowest BCUT2D eigenvalue weighted by atomic mass is 10.3. The molecule has 1 unspecified atom stereocenters. The molecule has 10 heavy (non-hydrogen) atoms. The van der Waals surface area contributed by atoms with Crippen molar-refractivity contribution in [2.45, 2.75) is 12.5 Å². The molecule has 0 amide bonds. The molecule has 0 aromatic carbocycles. The Hall–Kier alpha value is -1.10. The maximum atomic E-state index is 9.87. The van der Waals surface area contributed by atoms with Gasteiger partial charge in [0.1, 0.15) is 6.61 Å². The summed E-state index contributed by atoms with van der Waals surface area (Å²) >= 11 is 0. The van der Waals surface area contributed by atoms with Crippen molar-refractivity contribution in [2.75, 3.05) is 6.61 Å². The van der Waals surface area contributed by atoms with Gasteiger partial charge < -0.3 is 14.9 Å². The third-order valence-corrected chi connectivity index (χ3v) is 0.767. The summed E-state index contributed by atoms with van der Waals surface area (Å²) in [7, 11) is 0. The topological polar surface area (TPSA) is 83.8 Å². The van der Waals surface area contributed by atoms with E-state index in [0.717, 1.165) is 0 Å². The molecule has 0 radical (unpaired) electrons. The van der Waals surface area contributed by atoms with E-state index in [4.69, 9.17) is 10.2 Å². The number of ether oxygens (including phenoxy) is 1. The molecule has 0 saturated carbocycles. The number of carboxylic acids is 1. The lowest BCUT2D eigenvalue weighted by Crippen LogP contribution is -2.18. The molecule has 58 valence electrons. The van der Waals surface area contributed by atoms with Crippen molar-refractivity contribution in [3.63, 3.8) is 0 Å². The molecule has 0 aromatic rings. The Labute approximate surface area is 57.2 Å². The van der Waals surface area contributed by atoms with E-state index in [2.05, 4.69) is 4.74 Å². The zero-order chi connectivity index (χ0) is 7.98. The van der Waals surface area contributed by atoms with Gasteiger partial charge in [0, 0.05) is 0 Å². The number of aliphatic carboxylic acids is 1. The SMILES string of the molecule is O=COCC(O)CC(=O)O. The number of hydrogen-bond acceptors (Lipinski definition) is 4. The first-order valence-corrected chi connectivity index (χ1v) is 2.62. The monoisotopic (exact) mass is 148 g/mol. The highest BCUT2D eigenvalue weighted by atomic mass is 16.5. The van der Waals surface area contributed by atoms with Crippen LogP contribution in [0.3, 0.4) is 0 Å². The fraction of sp³-hybridized carbons (Fsp3) is 0.600. The van der Waals surface area contributed by atoms with Crippen LogP contribution < -0.4 is 0 Å². The van der Waals surface area contributed by atoms with E-state index in [9.17, 15) is 9.59 Å². The number of aliphatic hydroxyl groups excluding tert-OH is 1. The van der Waals surface area contributed by atoms with E-state index in [-0.39, 0.29) is 13.1 Å². The minimum absolute atomic E-state index is 0.158. The molecule has 0 fully saturated rings.